The fraction of sp³-hybridized carbons (Fsp3) is 0.417. The van der Waals surface area contributed by atoms with E-state index in [0.717, 1.165) is 6.42 Å². The van der Waals surface area contributed by atoms with Crippen molar-refractivity contribution in [3.8, 4) is 11.5 Å². The number of benzene rings is 2. The van der Waals surface area contributed by atoms with Crippen molar-refractivity contribution in [2.75, 3.05) is 24.9 Å². The number of carbonyl (C=O) groups excluding carboxylic acids is 2. The predicted molar refractivity (Wildman–Crippen MR) is 124 cm³/mol. The van der Waals surface area contributed by atoms with Gasteiger partial charge in [-0.15, -0.1) is 0 Å². The Morgan fingerprint density at radius 1 is 1.22 bits per heavy atom. The Labute approximate surface area is 192 Å². The lowest BCUT2D eigenvalue weighted by molar-refractivity contribution is -0.130. The summed E-state index contributed by atoms with van der Waals surface area (Å²) < 4.78 is 10.7. The Balaban J connectivity index is 1.74. The zero-order chi connectivity index (χ0) is 23.0. The zero-order valence-electron chi connectivity index (χ0n) is 18.6. The molecule has 0 aromatic heterocycles. The van der Waals surface area contributed by atoms with Crippen LogP contribution in [0.4, 0.5) is 11.4 Å². The van der Waals surface area contributed by atoms with Crippen molar-refractivity contribution in [2.45, 2.75) is 38.3 Å². The first-order valence-corrected chi connectivity index (χ1v) is 11.1. The molecule has 2 aliphatic rings. The maximum atomic E-state index is 13.7. The molecule has 0 radical (unpaired) electrons. The van der Waals surface area contributed by atoms with Crippen LogP contribution >= 0.6 is 11.6 Å². The SMILES string of the molecule is COc1ccc(OC)c(NC(=O)C2CC(CC(C)C)NC23C(=O)Nc2ccc(Cl)cc23)c1. The summed E-state index contributed by atoms with van der Waals surface area (Å²) >= 11 is 6.29. The van der Waals surface area contributed by atoms with Gasteiger partial charge in [0.25, 0.3) is 0 Å². The van der Waals surface area contributed by atoms with Crippen molar-refractivity contribution in [1.29, 1.82) is 0 Å². The molecule has 32 heavy (non-hydrogen) atoms. The summed E-state index contributed by atoms with van der Waals surface area (Å²) in [6.45, 7) is 4.25. The highest BCUT2D eigenvalue weighted by atomic mass is 35.5. The van der Waals surface area contributed by atoms with Crippen LogP contribution in [0.25, 0.3) is 0 Å². The van der Waals surface area contributed by atoms with Crippen LogP contribution in [0, 0.1) is 11.8 Å². The molecule has 1 fully saturated rings. The monoisotopic (exact) mass is 457 g/mol. The largest absolute Gasteiger partial charge is 0.497 e. The Morgan fingerprint density at radius 3 is 2.69 bits per heavy atom. The van der Waals surface area contributed by atoms with E-state index in [2.05, 4.69) is 29.8 Å². The number of halogens is 1. The van der Waals surface area contributed by atoms with E-state index >= 15 is 0 Å². The van der Waals surface area contributed by atoms with Gasteiger partial charge in [-0.25, -0.2) is 0 Å². The van der Waals surface area contributed by atoms with Crippen molar-refractivity contribution in [1.82, 2.24) is 5.32 Å². The quantitative estimate of drug-likeness (QED) is 0.606. The third kappa shape index (κ3) is 3.80. The molecule has 1 saturated heterocycles. The summed E-state index contributed by atoms with van der Waals surface area (Å²) in [6.07, 6.45) is 1.37. The van der Waals surface area contributed by atoms with Crippen molar-refractivity contribution in [2.24, 2.45) is 11.8 Å². The van der Waals surface area contributed by atoms with Gasteiger partial charge in [-0.2, -0.15) is 0 Å². The van der Waals surface area contributed by atoms with Gasteiger partial charge in [-0.1, -0.05) is 25.4 Å². The van der Waals surface area contributed by atoms with Crippen LogP contribution in [0.15, 0.2) is 36.4 Å². The first-order chi connectivity index (χ1) is 15.3. The van der Waals surface area contributed by atoms with Crippen LogP contribution in [0.5, 0.6) is 11.5 Å². The molecule has 0 aliphatic carbocycles. The number of anilines is 2. The highest BCUT2D eigenvalue weighted by Gasteiger charge is 2.60. The van der Waals surface area contributed by atoms with Gasteiger partial charge >= 0.3 is 0 Å². The molecular weight excluding hydrogens is 430 g/mol. The van der Waals surface area contributed by atoms with Crippen LogP contribution in [0.3, 0.4) is 0 Å². The Kier molecular flexibility index (Phi) is 6.05. The molecule has 0 saturated carbocycles. The minimum Gasteiger partial charge on any atom is -0.497 e. The van der Waals surface area contributed by atoms with Gasteiger partial charge in [0.1, 0.15) is 17.0 Å². The lowest BCUT2D eigenvalue weighted by Gasteiger charge is -2.29. The molecule has 2 amide bonds. The number of hydrogen-bond donors (Lipinski definition) is 3. The maximum absolute atomic E-state index is 13.7. The second-order valence-electron chi connectivity index (χ2n) is 8.77. The molecular formula is C24H28ClN3O4. The molecule has 2 aromatic carbocycles. The minimum atomic E-state index is -1.18. The fourth-order valence-corrected chi connectivity index (χ4v) is 5.06. The molecule has 170 valence electrons. The van der Waals surface area contributed by atoms with Gasteiger partial charge in [0, 0.05) is 28.4 Å². The third-order valence-corrected chi connectivity index (χ3v) is 6.46. The fourth-order valence-electron chi connectivity index (χ4n) is 4.89. The Hall–Kier alpha value is -2.77. The molecule has 7 nitrogen and oxygen atoms in total. The molecule has 4 rings (SSSR count). The second kappa shape index (κ2) is 8.64. The van der Waals surface area contributed by atoms with Gasteiger partial charge in [-0.05, 0) is 49.1 Å². The van der Waals surface area contributed by atoms with Gasteiger partial charge in [0.05, 0.1) is 25.8 Å². The number of nitrogens with one attached hydrogen (secondary N) is 3. The highest BCUT2D eigenvalue weighted by Crippen LogP contribution is 2.49. The summed E-state index contributed by atoms with van der Waals surface area (Å²) in [7, 11) is 3.10. The first-order valence-electron chi connectivity index (χ1n) is 10.7. The lowest BCUT2D eigenvalue weighted by atomic mass is 9.79. The van der Waals surface area contributed by atoms with Crippen LogP contribution < -0.4 is 25.4 Å². The number of hydrogen-bond acceptors (Lipinski definition) is 5. The summed E-state index contributed by atoms with van der Waals surface area (Å²) in [6, 6.07) is 10.5. The Bertz CT molecular complexity index is 1060. The van der Waals surface area contributed by atoms with E-state index in [4.69, 9.17) is 21.1 Å². The van der Waals surface area contributed by atoms with Gasteiger partial charge in [-0.3, -0.25) is 14.9 Å². The molecule has 3 atom stereocenters. The molecule has 2 aromatic rings. The summed E-state index contributed by atoms with van der Waals surface area (Å²) in [5.74, 6) is 0.373. The van der Waals surface area contributed by atoms with Crippen molar-refractivity contribution in [3.63, 3.8) is 0 Å². The summed E-state index contributed by atoms with van der Waals surface area (Å²) in [5, 5.41) is 9.94. The molecule has 3 unspecified atom stereocenters. The molecule has 1 spiro atoms. The van der Waals surface area contributed by atoms with Gasteiger partial charge in [0.2, 0.25) is 11.8 Å². The number of amides is 2. The smallest absolute Gasteiger partial charge is 0.250 e. The molecule has 3 N–H and O–H groups in total. The van der Waals surface area contributed by atoms with Crippen LogP contribution in [-0.4, -0.2) is 32.1 Å². The van der Waals surface area contributed by atoms with Gasteiger partial charge in [0.15, 0.2) is 0 Å². The highest BCUT2D eigenvalue weighted by molar-refractivity contribution is 6.31. The minimum absolute atomic E-state index is 0.00800. The van der Waals surface area contributed by atoms with Crippen molar-refractivity contribution in [3.05, 3.63) is 47.0 Å². The topological polar surface area (TPSA) is 88.7 Å². The molecule has 8 heteroatoms. The summed E-state index contributed by atoms with van der Waals surface area (Å²) in [4.78, 5) is 27.0. The lowest BCUT2D eigenvalue weighted by Crippen LogP contribution is -2.52. The number of ether oxygens (including phenoxy) is 2. The Morgan fingerprint density at radius 2 is 2.00 bits per heavy atom. The maximum Gasteiger partial charge on any atom is 0.250 e. The van der Waals surface area contributed by atoms with Gasteiger partial charge < -0.3 is 20.1 Å². The first kappa shape index (κ1) is 22.4. The van der Waals surface area contributed by atoms with Crippen molar-refractivity contribution >= 4 is 34.8 Å². The van der Waals surface area contributed by atoms with E-state index in [-0.39, 0.29) is 17.9 Å². The number of carbonyl (C=O) groups is 2. The second-order valence-corrected chi connectivity index (χ2v) is 9.20. The predicted octanol–water partition coefficient (Wildman–Crippen LogP) is 4.17. The number of fused-ring (bicyclic) bond motifs is 2. The van der Waals surface area contributed by atoms with E-state index in [9.17, 15) is 9.59 Å². The third-order valence-electron chi connectivity index (χ3n) is 6.22. The van der Waals surface area contributed by atoms with Crippen molar-refractivity contribution < 1.29 is 19.1 Å². The van der Waals surface area contributed by atoms with E-state index in [1.807, 2.05) is 0 Å². The normalized spacial score (nSPS) is 23.9. The van der Waals surface area contributed by atoms with Crippen LogP contribution in [-0.2, 0) is 15.1 Å². The van der Waals surface area contributed by atoms with E-state index in [0.29, 0.717) is 45.8 Å². The van der Waals surface area contributed by atoms with E-state index in [1.54, 1.807) is 43.5 Å². The number of methoxy groups -OCH3 is 2. The average molecular weight is 458 g/mol. The molecule has 0 bridgehead atoms. The zero-order valence-corrected chi connectivity index (χ0v) is 19.4. The molecule has 2 heterocycles. The van der Waals surface area contributed by atoms with Crippen LogP contribution in [0.1, 0.15) is 32.3 Å². The number of rotatable bonds is 6. The van der Waals surface area contributed by atoms with E-state index < -0.39 is 11.5 Å². The molecule has 2 aliphatic heterocycles. The van der Waals surface area contributed by atoms with Crippen LogP contribution in [0.2, 0.25) is 5.02 Å². The average Bonchev–Trinajstić information content (AvgIpc) is 3.26. The standard InChI is InChI=1S/C24H28ClN3O4/c1-13(2)9-15-11-18(22(29)26-20-12-16(31-3)6-8-21(20)32-4)24(28-15)17-10-14(25)5-7-19(17)27-23(24)30/h5-8,10,12-13,15,18,28H,9,11H2,1-4H3,(H,26,29)(H,27,30). The summed E-state index contributed by atoms with van der Waals surface area (Å²) in [5.41, 5.74) is 0.688. The van der Waals surface area contributed by atoms with E-state index in [1.165, 1.54) is 7.11 Å².